The van der Waals surface area contributed by atoms with Crippen LogP contribution in [0.1, 0.15) is 28.8 Å². The highest BCUT2D eigenvalue weighted by Gasteiger charge is 2.25. The highest BCUT2D eigenvalue weighted by molar-refractivity contribution is 5.89. The lowest BCUT2D eigenvalue weighted by molar-refractivity contribution is 0.122. The first-order chi connectivity index (χ1) is 17.6. The molecule has 3 aromatic rings. The van der Waals surface area contributed by atoms with Gasteiger partial charge in [0.15, 0.2) is 0 Å². The summed E-state index contributed by atoms with van der Waals surface area (Å²) >= 11 is 0. The van der Waals surface area contributed by atoms with Crippen LogP contribution in [0.25, 0.3) is 0 Å². The monoisotopic (exact) mass is 493 g/mol. The van der Waals surface area contributed by atoms with Gasteiger partial charge in [-0.15, -0.1) is 0 Å². The zero-order valence-corrected chi connectivity index (χ0v) is 19.8. The Balaban J connectivity index is 1.23. The maximum atomic E-state index is 13.3. The predicted molar refractivity (Wildman–Crippen MR) is 133 cm³/mol. The van der Waals surface area contributed by atoms with Crippen molar-refractivity contribution in [1.29, 1.82) is 0 Å². The molecule has 1 fully saturated rings. The summed E-state index contributed by atoms with van der Waals surface area (Å²) in [5.74, 6) is 0.978. The predicted octanol–water partition coefficient (Wildman–Crippen LogP) is 2.98. The first kappa shape index (κ1) is 23.9. The molecule has 2 aliphatic rings. The maximum Gasteiger partial charge on any atom is 0.320 e. The molecule has 0 bridgehead atoms. The molecule has 0 saturated carbocycles. The van der Waals surface area contributed by atoms with Crippen molar-refractivity contribution in [1.82, 2.24) is 20.7 Å². The quantitative estimate of drug-likeness (QED) is 0.398. The van der Waals surface area contributed by atoms with Crippen molar-refractivity contribution in [2.75, 3.05) is 55.7 Å². The molecule has 2 aromatic heterocycles. The van der Waals surface area contributed by atoms with Gasteiger partial charge in [0, 0.05) is 44.2 Å². The summed E-state index contributed by atoms with van der Waals surface area (Å²) in [4.78, 5) is 23.9. The van der Waals surface area contributed by atoms with E-state index in [1.54, 1.807) is 31.5 Å². The van der Waals surface area contributed by atoms with Crippen LogP contribution in [0, 0.1) is 5.82 Å². The average Bonchev–Trinajstić information content (AvgIpc) is 3.33. The topological polar surface area (TPSA) is 113 Å². The van der Waals surface area contributed by atoms with E-state index in [4.69, 9.17) is 9.47 Å². The first-order valence-electron chi connectivity index (χ1n) is 11.7. The van der Waals surface area contributed by atoms with Crippen molar-refractivity contribution in [3.05, 3.63) is 77.4 Å². The van der Waals surface area contributed by atoms with Crippen LogP contribution in [-0.4, -0.2) is 56.0 Å². The van der Waals surface area contributed by atoms with Gasteiger partial charge in [-0.05, 0) is 29.3 Å². The number of nitrogens with zero attached hydrogens (tertiary/aromatic N) is 3. The van der Waals surface area contributed by atoms with Crippen molar-refractivity contribution in [2.45, 2.75) is 12.1 Å². The summed E-state index contributed by atoms with van der Waals surface area (Å²) in [5.41, 5.74) is 9.91. The third-order valence-corrected chi connectivity index (χ3v) is 6.19. The van der Waals surface area contributed by atoms with Gasteiger partial charge in [-0.1, -0.05) is 18.2 Å². The Morgan fingerprint density at radius 1 is 1.19 bits per heavy atom. The molecule has 188 valence electrons. The van der Waals surface area contributed by atoms with Crippen molar-refractivity contribution in [3.8, 4) is 0 Å². The summed E-state index contributed by atoms with van der Waals surface area (Å²) < 4.78 is 23.9. The van der Waals surface area contributed by atoms with E-state index in [-0.39, 0.29) is 18.5 Å². The number of hydrazine groups is 1. The van der Waals surface area contributed by atoms with E-state index < -0.39 is 12.1 Å². The van der Waals surface area contributed by atoms with E-state index >= 15 is 0 Å². The Hall–Kier alpha value is -3.80. The number of aromatic nitrogens is 2. The molecule has 4 N–H and O–H groups in total. The molecule has 2 atom stereocenters. The molecule has 1 aromatic carbocycles. The van der Waals surface area contributed by atoms with Crippen LogP contribution in [0.4, 0.5) is 26.5 Å². The van der Waals surface area contributed by atoms with Gasteiger partial charge < -0.3 is 25.1 Å². The summed E-state index contributed by atoms with van der Waals surface area (Å²) in [5, 5.41) is 5.60. The number of anilines is 3. The molecule has 4 heterocycles. The van der Waals surface area contributed by atoms with Crippen LogP contribution >= 0.6 is 0 Å². The number of hydrogen-bond donors (Lipinski definition) is 4. The zero-order valence-electron chi connectivity index (χ0n) is 19.8. The number of urea groups is 1. The van der Waals surface area contributed by atoms with E-state index in [1.807, 2.05) is 12.3 Å². The molecule has 2 aliphatic heterocycles. The molecule has 0 aliphatic carbocycles. The lowest BCUT2D eigenvalue weighted by Gasteiger charge is -2.28. The third kappa shape index (κ3) is 5.38. The van der Waals surface area contributed by atoms with E-state index in [2.05, 4.69) is 42.4 Å². The fraction of sp³-hybridized carbons (Fsp3) is 0.320. The number of carbonyl (C=O) groups is 1. The van der Waals surface area contributed by atoms with Gasteiger partial charge in [0.1, 0.15) is 17.5 Å². The van der Waals surface area contributed by atoms with Gasteiger partial charge >= 0.3 is 6.03 Å². The molecule has 0 radical (unpaired) electrons. The van der Waals surface area contributed by atoms with E-state index in [9.17, 15) is 9.18 Å². The number of methoxy groups -OCH3 is 1. The second-order valence-corrected chi connectivity index (χ2v) is 8.57. The number of ether oxygens (including phenoxy) is 2. The fourth-order valence-corrected chi connectivity index (χ4v) is 4.30. The number of carbonyl (C=O) groups excluding carboxylic acids is 1. The van der Waals surface area contributed by atoms with Gasteiger partial charge in [-0.2, -0.15) is 0 Å². The van der Waals surface area contributed by atoms with Crippen LogP contribution in [0.15, 0.2) is 54.9 Å². The molecular weight excluding hydrogens is 465 g/mol. The van der Waals surface area contributed by atoms with Crippen LogP contribution in [0.2, 0.25) is 0 Å². The Bertz CT molecular complexity index is 1190. The van der Waals surface area contributed by atoms with E-state index in [0.29, 0.717) is 19.0 Å². The second-order valence-electron chi connectivity index (χ2n) is 8.57. The standard InChI is InChI=1S/C25H28FN7O3/c1-35-15-21(16-2-5-18(26)6-3-16)29-25(34)30-22-12-20-19(14-27-22)24(32-31-20)17-4-7-23(28-13-17)33-8-10-36-11-9-33/h2-7,12-14,21,24,31-32H,8-11,15H2,1H3,(H2,27,29,30,34)/t21-,24?/m1/s1. The number of amides is 2. The summed E-state index contributed by atoms with van der Waals surface area (Å²) in [7, 11) is 1.54. The molecule has 36 heavy (non-hydrogen) atoms. The average molecular weight is 494 g/mol. The molecular formula is C25H28FN7O3. The SMILES string of the molecule is COC[C@@H](NC(=O)Nc1cc2c(cn1)C(c1ccc(N3CCOCC3)nc1)NN2)c1ccc(F)cc1. The molecule has 11 heteroatoms. The smallest absolute Gasteiger partial charge is 0.320 e. The van der Waals surface area contributed by atoms with Gasteiger partial charge in [0.2, 0.25) is 0 Å². The minimum Gasteiger partial charge on any atom is -0.382 e. The van der Waals surface area contributed by atoms with E-state index in [1.165, 1.54) is 12.1 Å². The highest BCUT2D eigenvalue weighted by atomic mass is 19.1. The molecule has 1 unspecified atom stereocenters. The van der Waals surface area contributed by atoms with Crippen LogP contribution in [-0.2, 0) is 9.47 Å². The number of pyridine rings is 2. The fourth-order valence-electron chi connectivity index (χ4n) is 4.30. The highest BCUT2D eigenvalue weighted by Crippen LogP contribution is 2.34. The second kappa shape index (κ2) is 10.9. The Morgan fingerprint density at radius 2 is 2.00 bits per heavy atom. The van der Waals surface area contributed by atoms with Crippen LogP contribution in [0.5, 0.6) is 0 Å². The van der Waals surface area contributed by atoms with Crippen molar-refractivity contribution < 1.29 is 18.7 Å². The maximum absolute atomic E-state index is 13.3. The summed E-state index contributed by atoms with van der Waals surface area (Å²) in [6, 6.07) is 10.8. The number of benzene rings is 1. The molecule has 0 spiro atoms. The Labute approximate surface area is 208 Å². The summed E-state index contributed by atoms with van der Waals surface area (Å²) in [6.07, 6.45) is 3.59. The number of hydrogen-bond acceptors (Lipinski definition) is 8. The molecule has 2 amide bonds. The number of rotatable bonds is 7. The lowest BCUT2D eigenvalue weighted by atomic mass is 10.0. The largest absolute Gasteiger partial charge is 0.382 e. The van der Waals surface area contributed by atoms with Crippen molar-refractivity contribution >= 4 is 23.4 Å². The van der Waals surface area contributed by atoms with E-state index in [0.717, 1.165) is 41.3 Å². The number of fused-ring (bicyclic) bond motifs is 1. The third-order valence-electron chi connectivity index (χ3n) is 6.19. The van der Waals surface area contributed by atoms with Crippen LogP contribution < -0.4 is 26.4 Å². The van der Waals surface area contributed by atoms with Gasteiger partial charge in [0.05, 0.1) is 37.6 Å². The van der Waals surface area contributed by atoms with Gasteiger partial charge in [0.25, 0.3) is 0 Å². The zero-order chi connectivity index (χ0) is 24.9. The first-order valence-corrected chi connectivity index (χ1v) is 11.7. The molecule has 10 nitrogen and oxygen atoms in total. The number of halogens is 1. The Morgan fingerprint density at radius 3 is 2.72 bits per heavy atom. The Kier molecular flexibility index (Phi) is 7.21. The van der Waals surface area contributed by atoms with Crippen molar-refractivity contribution in [2.24, 2.45) is 0 Å². The van der Waals surface area contributed by atoms with Crippen molar-refractivity contribution in [3.63, 3.8) is 0 Å². The van der Waals surface area contributed by atoms with Gasteiger partial charge in [-0.25, -0.2) is 24.6 Å². The van der Waals surface area contributed by atoms with Crippen LogP contribution in [0.3, 0.4) is 0 Å². The number of morpholine rings is 1. The number of nitrogens with one attached hydrogen (secondary N) is 4. The lowest BCUT2D eigenvalue weighted by Crippen LogP contribution is -2.36. The minimum atomic E-state index is -0.445. The normalized spacial score (nSPS) is 17.7. The minimum absolute atomic E-state index is 0.119. The molecule has 1 saturated heterocycles. The summed E-state index contributed by atoms with van der Waals surface area (Å²) in [6.45, 7) is 3.33. The van der Waals surface area contributed by atoms with Gasteiger partial charge in [-0.3, -0.25) is 5.32 Å². The molecule has 5 rings (SSSR count).